The third-order valence-corrected chi connectivity index (χ3v) is 8.94. The molecule has 0 aromatic heterocycles. The second-order valence-electron chi connectivity index (χ2n) is 11.4. The average molecular weight is 537 g/mol. The summed E-state index contributed by atoms with van der Waals surface area (Å²) in [6.07, 6.45) is 9.83. The monoisotopic (exact) mass is 536 g/mol. The van der Waals surface area contributed by atoms with Gasteiger partial charge in [0.1, 0.15) is 5.75 Å². The number of hydrazine groups is 1. The van der Waals surface area contributed by atoms with Gasteiger partial charge in [-0.1, -0.05) is 12.1 Å². The Morgan fingerprint density at radius 3 is 2.08 bits per heavy atom. The number of hydrogen-bond acceptors (Lipinski definition) is 6. The third kappa shape index (κ3) is 5.51. The van der Waals surface area contributed by atoms with Gasteiger partial charge in [-0.05, 0) is 104 Å². The Labute approximate surface area is 228 Å². The van der Waals surface area contributed by atoms with Crippen molar-refractivity contribution >= 4 is 17.8 Å². The van der Waals surface area contributed by atoms with Crippen LogP contribution in [0.1, 0.15) is 75.2 Å². The van der Waals surface area contributed by atoms with Gasteiger partial charge in [0.2, 0.25) is 0 Å². The molecule has 3 N–H and O–H groups in total. The zero-order valence-electron chi connectivity index (χ0n) is 22.5. The van der Waals surface area contributed by atoms with Gasteiger partial charge >= 0.3 is 5.97 Å². The minimum Gasteiger partial charge on any atom is -0.478 e. The molecule has 39 heavy (non-hydrogen) atoms. The van der Waals surface area contributed by atoms with Crippen molar-refractivity contribution in [2.75, 3.05) is 27.1 Å². The molecule has 2 spiro atoms. The Morgan fingerprint density at radius 2 is 1.51 bits per heavy atom. The van der Waals surface area contributed by atoms with E-state index in [1.807, 2.05) is 0 Å². The first-order valence-corrected chi connectivity index (χ1v) is 13.5. The Balaban J connectivity index is 0.000000247. The highest BCUT2D eigenvalue weighted by molar-refractivity contribution is 6.06. The Morgan fingerprint density at radius 1 is 0.897 bits per heavy atom. The van der Waals surface area contributed by atoms with Crippen molar-refractivity contribution in [1.82, 2.24) is 10.9 Å². The van der Waals surface area contributed by atoms with E-state index in [2.05, 4.69) is 10.9 Å². The molecule has 0 aliphatic heterocycles. The number of carboxylic acid groups (broad SMARTS) is 1. The van der Waals surface area contributed by atoms with Gasteiger partial charge in [-0.2, -0.15) is 0 Å². The van der Waals surface area contributed by atoms with Crippen molar-refractivity contribution < 1.29 is 33.7 Å². The summed E-state index contributed by atoms with van der Waals surface area (Å²) in [4.78, 5) is 35.7. The van der Waals surface area contributed by atoms with E-state index in [9.17, 15) is 14.4 Å². The lowest BCUT2D eigenvalue weighted by molar-refractivity contribution is -0.00849. The maximum Gasteiger partial charge on any atom is 0.336 e. The highest BCUT2D eigenvalue weighted by atomic mass is 16.7. The van der Waals surface area contributed by atoms with Crippen LogP contribution in [0.15, 0.2) is 42.5 Å². The standard InChI is InChI=1S/C20H22N2O7.C10H14/c1-13-11-14(29-12-28-10-9-27-2)7-8-15(13)18(23)21-22-19(24)16-5-3-4-6-17(16)20(25)26;1-7-2-9-4-8(1)5-10(9,3-7)6-9/h3-8,11H,9-10,12H2,1-2H3,(H,21,23)(H,22,24)(H,25,26);7-8H,1-6H2. The molecule has 4 bridgehead atoms. The molecule has 0 saturated heterocycles. The van der Waals surface area contributed by atoms with Crippen LogP contribution in [0.2, 0.25) is 0 Å². The van der Waals surface area contributed by atoms with Crippen LogP contribution in [-0.4, -0.2) is 50.0 Å². The third-order valence-electron chi connectivity index (χ3n) is 8.94. The number of amides is 2. The predicted molar refractivity (Wildman–Crippen MR) is 142 cm³/mol. The van der Waals surface area contributed by atoms with Crippen LogP contribution in [0.3, 0.4) is 0 Å². The summed E-state index contributed by atoms with van der Waals surface area (Å²) in [6.45, 7) is 2.63. The minimum atomic E-state index is -1.24. The SMILES string of the molecule is C1C2CC34CC1CC3(C2)C4.COCCOCOc1ccc(C(=O)NNC(=O)c2ccccc2C(=O)O)c(C)c1. The van der Waals surface area contributed by atoms with Crippen molar-refractivity contribution in [2.45, 2.75) is 45.4 Å². The number of methoxy groups -OCH3 is 1. The van der Waals surface area contributed by atoms with Crippen molar-refractivity contribution in [3.63, 3.8) is 0 Å². The van der Waals surface area contributed by atoms with E-state index in [1.54, 1.807) is 70.8 Å². The summed E-state index contributed by atoms with van der Waals surface area (Å²) in [6, 6.07) is 10.5. The molecule has 9 heteroatoms. The van der Waals surface area contributed by atoms with Crippen LogP contribution in [0.5, 0.6) is 5.75 Å². The predicted octanol–water partition coefficient (Wildman–Crippen LogP) is 4.35. The number of carboxylic acids is 1. The number of rotatable bonds is 9. The van der Waals surface area contributed by atoms with E-state index in [0.717, 1.165) is 10.8 Å². The summed E-state index contributed by atoms with van der Waals surface area (Å²) >= 11 is 0. The lowest BCUT2D eigenvalue weighted by Crippen LogP contribution is -2.42. The molecule has 5 saturated carbocycles. The quantitative estimate of drug-likeness (QED) is 0.247. The van der Waals surface area contributed by atoms with E-state index in [4.69, 9.17) is 19.3 Å². The van der Waals surface area contributed by atoms with E-state index in [0.29, 0.717) is 30.1 Å². The summed E-state index contributed by atoms with van der Waals surface area (Å²) in [7, 11) is 1.57. The van der Waals surface area contributed by atoms with Crippen LogP contribution in [0.25, 0.3) is 0 Å². The molecule has 0 unspecified atom stereocenters. The summed E-state index contributed by atoms with van der Waals surface area (Å²) in [5.41, 5.74) is 7.17. The highest BCUT2D eigenvalue weighted by Gasteiger charge is 2.77. The van der Waals surface area contributed by atoms with Gasteiger partial charge in [-0.25, -0.2) is 4.79 Å². The van der Waals surface area contributed by atoms with Crippen LogP contribution < -0.4 is 15.6 Å². The first-order chi connectivity index (χ1) is 18.8. The van der Waals surface area contributed by atoms with Crippen LogP contribution in [0.4, 0.5) is 0 Å². The second kappa shape index (κ2) is 11.0. The first-order valence-electron chi connectivity index (χ1n) is 13.5. The molecular formula is C30H36N2O7. The largest absolute Gasteiger partial charge is 0.478 e. The Bertz CT molecular complexity index is 1230. The van der Waals surface area contributed by atoms with Crippen molar-refractivity contribution in [1.29, 1.82) is 0 Å². The minimum absolute atomic E-state index is 0.0490. The Kier molecular flexibility index (Phi) is 7.64. The molecule has 0 radical (unpaired) electrons. The molecule has 7 rings (SSSR count). The summed E-state index contributed by atoms with van der Waals surface area (Å²) < 4.78 is 15.5. The smallest absolute Gasteiger partial charge is 0.336 e. The number of aromatic carboxylic acids is 1. The van der Waals surface area contributed by atoms with Crippen molar-refractivity contribution in [3.05, 3.63) is 64.7 Å². The fraction of sp³-hybridized carbons (Fsp3) is 0.500. The van der Waals surface area contributed by atoms with E-state index in [-0.39, 0.29) is 17.9 Å². The van der Waals surface area contributed by atoms with Gasteiger partial charge in [0.15, 0.2) is 6.79 Å². The lowest BCUT2D eigenvalue weighted by Gasteiger charge is -2.31. The number of carbonyl (C=O) groups excluding carboxylic acids is 2. The zero-order chi connectivity index (χ0) is 27.6. The first kappa shape index (κ1) is 27.1. The molecule has 9 nitrogen and oxygen atoms in total. The summed E-state index contributed by atoms with van der Waals surface area (Å²) in [5, 5.41) is 9.14. The lowest BCUT2D eigenvalue weighted by atomic mass is 9.74. The maximum absolute atomic E-state index is 12.3. The number of nitrogens with one attached hydrogen (secondary N) is 2. The molecule has 2 aromatic carbocycles. The van der Waals surface area contributed by atoms with Gasteiger partial charge in [0.25, 0.3) is 11.8 Å². The Hall–Kier alpha value is -3.43. The van der Waals surface area contributed by atoms with E-state index in [1.165, 1.54) is 36.1 Å². The molecule has 208 valence electrons. The van der Waals surface area contributed by atoms with Crippen LogP contribution in [-0.2, 0) is 9.47 Å². The number of carbonyl (C=O) groups is 3. The summed E-state index contributed by atoms with van der Waals surface area (Å²) in [5.74, 6) is 0.395. The van der Waals surface area contributed by atoms with Crippen LogP contribution >= 0.6 is 0 Å². The molecule has 0 heterocycles. The van der Waals surface area contributed by atoms with E-state index >= 15 is 0 Å². The molecule has 5 aliphatic carbocycles. The maximum atomic E-state index is 12.3. The molecule has 0 atom stereocenters. The second-order valence-corrected chi connectivity index (χ2v) is 11.4. The van der Waals surface area contributed by atoms with Crippen molar-refractivity contribution in [2.24, 2.45) is 22.7 Å². The van der Waals surface area contributed by atoms with Gasteiger partial charge < -0.3 is 19.3 Å². The number of ether oxygens (including phenoxy) is 3. The topological polar surface area (TPSA) is 123 Å². The normalized spacial score (nSPS) is 26.7. The number of aryl methyl sites for hydroxylation is 1. The fourth-order valence-corrected chi connectivity index (χ4v) is 7.49. The molecule has 5 fully saturated rings. The average Bonchev–Trinajstić information content (AvgIpc) is 3.30. The highest BCUT2D eigenvalue weighted by Crippen LogP contribution is 2.87. The van der Waals surface area contributed by atoms with Crippen LogP contribution in [0, 0.1) is 29.6 Å². The van der Waals surface area contributed by atoms with Gasteiger partial charge in [-0.3, -0.25) is 20.4 Å². The fourth-order valence-electron chi connectivity index (χ4n) is 7.49. The van der Waals surface area contributed by atoms with Gasteiger partial charge in [0, 0.05) is 12.7 Å². The van der Waals surface area contributed by atoms with Crippen molar-refractivity contribution in [3.8, 4) is 5.75 Å². The number of benzene rings is 2. The van der Waals surface area contributed by atoms with Gasteiger partial charge in [0.05, 0.1) is 24.3 Å². The number of hydrogen-bond donors (Lipinski definition) is 3. The molecule has 5 aliphatic rings. The molecular weight excluding hydrogens is 500 g/mol. The van der Waals surface area contributed by atoms with E-state index < -0.39 is 17.8 Å². The van der Waals surface area contributed by atoms with Gasteiger partial charge in [-0.15, -0.1) is 0 Å². The molecule has 2 amide bonds. The molecule has 2 aromatic rings. The zero-order valence-corrected chi connectivity index (χ0v) is 22.5.